The molecule has 44 heavy (non-hydrogen) atoms. The first-order chi connectivity index (χ1) is 20.2. The molecule has 0 spiro atoms. The van der Waals surface area contributed by atoms with Gasteiger partial charge in [0.05, 0.1) is 41.8 Å². The van der Waals surface area contributed by atoms with Gasteiger partial charge in [-0.2, -0.15) is 47.9 Å². The van der Waals surface area contributed by atoms with Gasteiger partial charge < -0.3 is 9.80 Å². The van der Waals surface area contributed by atoms with Crippen molar-refractivity contribution < 1.29 is 57.1 Å². The number of hydrogen-bond acceptors (Lipinski definition) is 4. The summed E-state index contributed by atoms with van der Waals surface area (Å²) in [7, 11) is -2.87. The first kappa shape index (κ1) is 33.2. The Kier molecular flexibility index (Phi) is 8.78. The number of halogens is 9. The van der Waals surface area contributed by atoms with E-state index >= 15 is 0 Å². The van der Waals surface area contributed by atoms with Crippen LogP contribution in [0.1, 0.15) is 30.3 Å². The largest absolute Gasteiger partial charge is 0.416 e. The van der Waals surface area contributed by atoms with E-state index in [1.807, 2.05) is 0 Å². The molecule has 3 aromatic rings. The number of hydrogen-bond donors (Lipinski definition) is 1. The van der Waals surface area contributed by atoms with Crippen molar-refractivity contribution >= 4 is 38.6 Å². The van der Waals surface area contributed by atoms with Gasteiger partial charge in [-0.3, -0.25) is 4.55 Å². The van der Waals surface area contributed by atoms with Gasteiger partial charge in [0.1, 0.15) is 12.4 Å². The first-order valence-corrected chi connectivity index (χ1v) is 14.6. The normalized spacial score (nSPS) is 15.8. The van der Waals surface area contributed by atoms with Crippen LogP contribution in [0.2, 0.25) is 0 Å². The zero-order chi connectivity index (χ0) is 32.8. The molecule has 0 radical (unpaired) electrons. The van der Waals surface area contributed by atoms with Crippen molar-refractivity contribution in [1.29, 1.82) is 0 Å². The molecule has 0 bridgehead atoms. The maximum atomic E-state index is 13.6. The number of rotatable bonds is 8. The first-order valence-electron chi connectivity index (χ1n) is 13.0. The van der Waals surface area contributed by atoms with Gasteiger partial charge in [-0.1, -0.05) is 6.08 Å². The third-order valence-electron chi connectivity index (χ3n) is 6.94. The second kappa shape index (κ2) is 11.6. The van der Waals surface area contributed by atoms with Crippen LogP contribution in [0, 0.1) is 0 Å². The van der Waals surface area contributed by atoms with Crippen LogP contribution in [0.5, 0.6) is 0 Å². The van der Waals surface area contributed by atoms with E-state index in [-0.39, 0.29) is 48.0 Å². The molecule has 7 nitrogen and oxygen atoms in total. The summed E-state index contributed by atoms with van der Waals surface area (Å²) in [5, 5.41) is 0. The third kappa shape index (κ3) is 7.14. The van der Waals surface area contributed by atoms with Crippen molar-refractivity contribution in [2.24, 2.45) is 7.05 Å². The lowest BCUT2D eigenvalue weighted by molar-refractivity contribution is -0.647. The lowest BCUT2D eigenvalue weighted by Gasteiger charge is -2.25. The lowest BCUT2D eigenvalue weighted by Crippen LogP contribution is -2.35. The minimum absolute atomic E-state index is 0.0757. The molecule has 1 aliphatic heterocycles. The Balaban J connectivity index is 1.82. The van der Waals surface area contributed by atoms with E-state index in [9.17, 15) is 47.9 Å². The molecule has 2 heterocycles. The molecule has 1 aliphatic rings. The lowest BCUT2D eigenvalue weighted by atomic mass is 10.1. The average Bonchev–Trinajstić information content (AvgIpc) is 3.31. The highest BCUT2D eigenvalue weighted by Gasteiger charge is 2.41. The second-order valence-electron chi connectivity index (χ2n) is 9.94. The Morgan fingerprint density at radius 3 is 2.07 bits per heavy atom. The number of aryl methyl sites for hydroxylation is 2. The molecule has 0 unspecified atom stereocenters. The Morgan fingerprint density at radius 2 is 1.50 bits per heavy atom. The molecule has 2 aromatic carbocycles. The van der Waals surface area contributed by atoms with Crippen LogP contribution >= 0.6 is 0 Å². The Hall–Kier alpha value is -3.73. The fraction of sp³-hybridized carbons (Fsp3) is 0.370. The smallest absolute Gasteiger partial charge is 0.326 e. The third-order valence-corrected chi connectivity index (χ3v) is 7.75. The molecular weight excluding hydrogens is 631 g/mol. The number of alkyl halides is 9. The number of anilines is 2. The van der Waals surface area contributed by atoms with Crippen LogP contribution in [0.3, 0.4) is 0 Å². The van der Waals surface area contributed by atoms with Gasteiger partial charge in [0, 0.05) is 25.1 Å². The van der Waals surface area contributed by atoms with Crippen molar-refractivity contribution in [1.82, 2.24) is 4.57 Å². The van der Waals surface area contributed by atoms with Crippen LogP contribution in [0.4, 0.5) is 50.9 Å². The monoisotopic (exact) mass is 657 g/mol. The quantitative estimate of drug-likeness (QED) is 0.169. The minimum Gasteiger partial charge on any atom is -0.326 e. The van der Waals surface area contributed by atoms with E-state index in [1.54, 1.807) is 6.92 Å². The van der Waals surface area contributed by atoms with Crippen molar-refractivity contribution in [3.63, 3.8) is 0 Å². The number of nitrogens with zero attached hydrogens (tertiary/aromatic N) is 4. The summed E-state index contributed by atoms with van der Waals surface area (Å²) in [6.45, 7) is -0.0549. The van der Waals surface area contributed by atoms with Gasteiger partial charge in [-0.25, -0.2) is 9.13 Å². The molecule has 0 aliphatic carbocycles. The van der Waals surface area contributed by atoms with Crippen molar-refractivity contribution in [3.8, 4) is 0 Å². The molecule has 1 N–H and O–H groups in total. The standard InChI is InChI=1S/C27H25F9N4O3S/c1-3-38-20-11-9-18(27(34,35)36)15-22(20)40(16-25(28,29)30)24(38)7-4-6-23-37(2)19-10-8-17(26(31,32)33)14-21(19)39(23)12-5-13-44(41,42)43/h4,6-11,14-15H,3,5,12-13,16H2,1-2H3/p+1. The maximum Gasteiger partial charge on any atom is 0.416 e. The highest BCUT2D eigenvalue weighted by atomic mass is 32.2. The Bertz CT molecular complexity index is 1720. The fourth-order valence-corrected chi connectivity index (χ4v) is 5.58. The molecule has 0 atom stereocenters. The van der Waals surface area contributed by atoms with Gasteiger partial charge in [0.25, 0.3) is 15.9 Å². The molecule has 0 fully saturated rings. The van der Waals surface area contributed by atoms with E-state index in [0.29, 0.717) is 16.5 Å². The van der Waals surface area contributed by atoms with E-state index < -0.39 is 52.1 Å². The Morgan fingerprint density at radius 1 is 0.886 bits per heavy atom. The van der Waals surface area contributed by atoms with Gasteiger partial charge in [0.2, 0.25) is 0 Å². The van der Waals surface area contributed by atoms with Gasteiger partial charge >= 0.3 is 18.5 Å². The zero-order valence-electron chi connectivity index (χ0n) is 23.1. The molecule has 0 saturated heterocycles. The minimum atomic E-state index is -4.80. The highest BCUT2D eigenvalue weighted by molar-refractivity contribution is 7.85. The Labute approximate surface area is 245 Å². The van der Waals surface area contributed by atoms with E-state index in [1.165, 1.54) is 45.4 Å². The van der Waals surface area contributed by atoms with Crippen LogP contribution < -0.4 is 14.4 Å². The second-order valence-corrected chi connectivity index (χ2v) is 11.5. The SMILES string of the molecule is CCN1/C(=C\C=C\c2n(CCCS(=O)(=O)O)c3cc(C(F)(F)F)ccc3[n+]2C)N(CC(F)(F)F)c2cc(C(F)(F)F)ccc21. The van der Waals surface area contributed by atoms with Crippen LogP contribution in [0.25, 0.3) is 17.1 Å². The number of allylic oxidation sites excluding steroid dienone is 2. The molecular formula is C27H26F9N4O3S+. The summed E-state index contributed by atoms with van der Waals surface area (Å²) in [5.74, 6) is -0.545. The molecule has 240 valence electrons. The number of aromatic nitrogens is 2. The molecule has 17 heteroatoms. The summed E-state index contributed by atoms with van der Waals surface area (Å²) in [5.41, 5.74) is -1.89. The fourth-order valence-electron chi connectivity index (χ4n) is 5.08. The number of fused-ring (bicyclic) bond motifs is 2. The van der Waals surface area contributed by atoms with Crippen LogP contribution in [0.15, 0.2) is 54.4 Å². The van der Waals surface area contributed by atoms with E-state index in [4.69, 9.17) is 4.55 Å². The molecule has 1 aromatic heterocycles. The summed E-state index contributed by atoms with van der Waals surface area (Å²) in [6.07, 6.45) is -10.5. The number of imidazole rings is 1. The summed E-state index contributed by atoms with van der Waals surface area (Å²) in [6, 6.07) is 5.43. The van der Waals surface area contributed by atoms with Crippen molar-refractivity contribution in [3.05, 3.63) is 71.3 Å². The van der Waals surface area contributed by atoms with Crippen LogP contribution in [-0.2, 0) is 36.1 Å². The molecule has 0 amide bonds. The molecule has 4 rings (SSSR count). The predicted molar refractivity (Wildman–Crippen MR) is 144 cm³/mol. The van der Waals surface area contributed by atoms with E-state index in [0.717, 1.165) is 24.3 Å². The summed E-state index contributed by atoms with van der Waals surface area (Å²) in [4.78, 5) is 2.10. The van der Waals surface area contributed by atoms with Gasteiger partial charge in [-0.15, -0.1) is 0 Å². The molecule has 0 saturated carbocycles. The van der Waals surface area contributed by atoms with Gasteiger partial charge in [0.15, 0.2) is 11.0 Å². The summed E-state index contributed by atoms with van der Waals surface area (Å²) >= 11 is 0. The van der Waals surface area contributed by atoms with Crippen LogP contribution in [-0.4, -0.2) is 42.6 Å². The van der Waals surface area contributed by atoms with Crippen molar-refractivity contribution in [2.75, 3.05) is 28.6 Å². The zero-order valence-corrected chi connectivity index (χ0v) is 23.9. The van der Waals surface area contributed by atoms with Crippen molar-refractivity contribution in [2.45, 2.75) is 38.4 Å². The van der Waals surface area contributed by atoms with Gasteiger partial charge in [-0.05, 0) is 43.3 Å². The average molecular weight is 658 g/mol. The topological polar surface area (TPSA) is 69.7 Å². The summed E-state index contributed by atoms with van der Waals surface area (Å²) < 4.78 is 156. The maximum absolute atomic E-state index is 13.6. The highest BCUT2D eigenvalue weighted by Crippen LogP contribution is 2.45. The predicted octanol–water partition coefficient (Wildman–Crippen LogP) is 6.54. The number of benzene rings is 2. The van der Waals surface area contributed by atoms with E-state index in [2.05, 4.69) is 0 Å².